The van der Waals surface area contributed by atoms with Gasteiger partial charge in [0.15, 0.2) is 0 Å². The monoisotopic (exact) mass is 219 g/mol. The number of aromatic nitrogens is 4. The molecule has 1 atom stereocenters. The van der Waals surface area contributed by atoms with Crippen LogP contribution < -0.4 is 5.73 Å². The molecule has 0 amide bonds. The van der Waals surface area contributed by atoms with Gasteiger partial charge in [-0.1, -0.05) is 6.92 Å². The van der Waals surface area contributed by atoms with E-state index in [0.29, 0.717) is 0 Å². The quantitative estimate of drug-likeness (QED) is 0.843. The summed E-state index contributed by atoms with van der Waals surface area (Å²) in [6.45, 7) is 4.05. The molecule has 2 aromatic rings. The zero-order chi connectivity index (χ0) is 11.7. The molecule has 2 aromatic heterocycles. The molecule has 5 nitrogen and oxygen atoms in total. The fourth-order valence-electron chi connectivity index (χ4n) is 1.82. The number of imidazole rings is 1. The maximum atomic E-state index is 5.91. The lowest BCUT2D eigenvalue weighted by Gasteiger charge is -2.09. The van der Waals surface area contributed by atoms with Gasteiger partial charge >= 0.3 is 0 Å². The Morgan fingerprint density at radius 2 is 2.25 bits per heavy atom. The third-order valence-electron chi connectivity index (χ3n) is 2.61. The lowest BCUT2D eigenvalue weighted by atomic mass is 10.2. The number of hydrogen-bond acceptors (Lipinski definition) is 3. The van der Waals surface area contributed by atoms with Gasteiger partial charge in [0.2, 0.25) is 0 Å². The second-order valence-corrected chi connectivity index (χ2v) is 3.97. The molecule has 0 aromatic carbocycles. The van der Waals surface area contributed by atoms with E-state index in [1.54, 1.807) is 12.5 Å². The van der Waals surface area contributed by atoms with Gasteiger partial charge in [0.25, 0.3) is 0 Å². The summed E-state index contributed by atoms with van der Waals surface area (Å²) in [6, 6.07) is -0.0348. The van der Waals surface area contributed by atoms with E-state index in [-0.39, 0.29) is 6.04 Å². The van der Waals surface area contributed by atoms with Crippen LogP contribution in [0, 0.1) is 0 Å². The maximum Gasteiger partial charge on any atom is 0.0995 e. The van der Waals surface area contributed by atoms with Crippen LogP contribution in [0.5, 0.6) is 0 Å². The highest BCUT2D eigenvalue weighted by atomic mass is 15.3. The van der Waals surface area contributed by atoms with Gasteiger partial charge in [0.05, 0.1) is 29.6 Å². The number of nitrogens with zero attached hydrogens (tertiary/aromatic N) is 4. The highest BCUT2D eigenvalue weighted by Gasteiger charge is 2.13. The summed E-state index contributed by atoms with van der Waals surface area (Å²) in [5.41, 5.74) is 9.03. The van der Waals surface area contributed by atoms with E-state index < -0.39 is 0 Å². The standard InChI is InChI=1S/C11H17N5/c1-4-9-11(6-15(3)14-9)16-7-13-5-10(16)8(2)12/h5-8H,4,12H2,1-3H3/t8-/m1/s1. The summed E-state index contributed by atoms with van der Waals surface area (Å²) in [6.07, 6.45) is 6.48. The van der Waals surface area contributed by atoms with E-state index in [4.69, 9.17) is 5.73 Å². The molecule has 0 saturated heterocycles. The first-order chi connectivity index (χ1) is 7.63. The Kier molecular flexibility index (Phi) is 2.78. The van der Waals surface area contributed by atoms with Crippen LogP contribution in [0.25, 0.3) is 5.69 Å². The zero-order valence-electron chi connectivity index (χ0n) is 9.88. The molecule has 5 heteroatoms. The average Bonchev–Trinajstić information content (AvgIpc) is 2.82. The summed E-state index contributed by atoms with van der Waals surface area (Å²) in [4.78, 5) is 4.15. The predicted molar refractivity (Wildman–Crippen MR) is 62.3 cm³/mol. The molecule has 0 fully saturated rings. The van der Waals surface area contributed by atoms with Gasteiger partial charge in [-0.2, -0.15) is 5.10 Å². The van der Waals surface area contributed by atoms with Crippen molar-refractivity contribution in [3.63, 3.8) is 0 Å². The molecular weight excluding hydrogens is 202 g/mol. The minimum absolute atomic E-state index is 0.0348. The van der Waals surface area contributed by atoms with Crippen LogP contribution in [-0.2, 0) is 13.5 Å². The summed E-state index contributed by atoms with van der Waals surface area (Å²) in [5, 5.41) is 4.41. The van der Waals surface area contributed by atoms with Gasteiger partial charge in [-0.25, -0.2) is 4.98 Å². The fourth-order valence-corrected chi connectivity index (χ4v) is 1.82. The van der Waals surface area contributed by atoms with Crippen LogP contribution in [-0.4, -0.2) is 19.3 Å². The summed E-state index contributed by atoms with van der Waals surface area (Å²) in [7, 11) is 1.92. The molecule has 2 N–H and O–H groups in total. The Morgan fingerprint density at radius 1 is 1.50 bits per heavy atom. The van der Waals surface area contributed by atoms with E-state index >= 15 is 0 Å². The van der Waals surface area contributed by atoms with Gasteiger partial charge in [-0.05, 0) is 13.3 Å². The van der Waals surface area contributed by atoms with E-state index in [0.717, 1.165) is 23.5 Å². The minimum atomic E-state index is -0.0348. The fraction of sp³-hybridized carbons (Fsp3) is 0.455. The molecule has 2 heterocycles. The van der Waals surface area contributed by atoms with E-state index in [1.807, 2.05) is 29.4 Å². The van der Waals surface area contributed by atoms with E-state index in [1.165, 1.54) is 0 Å². The average molecular weight is 219 g/mol. The molecule has 0 aliphatic heterocycles. The zero-order valence-corrected chi connectivity index (χ0v) is 9.88. The first kappa shape index (κ1) is 10.9. The number of nitrogens with two attached hydrogens (primary N) is 1. The largest absolute Gasteiger partial charge is 0.323 e. The van der Waals surface area contributed by atoms with Crippen LogP contribution >= 0.6 is 0 Å². The van der Waals surface area contributed by atoms with Crippen molar-refractivity contribution in [2.24, 2.45) is 12.8 Å². The van der Waals surface area contributed by atoms with Gasteiger partial charge < -0.3 is 5.73 Å². The predicted octanol–water partition coefficient (Wildman–Crippen LogP) is 1.19. The maximum absolute atomic E-state index is 5.91. The molecule has 0 aliphatic rings. The van der Waals surface area contributed by atoms with Crippen molar-refractivity contribution in [3.05, 3.63) is 30.1 Å². The van der Waals surface area contributed by atoms with Crippen molar-refractivity contribution in [1.82, 2.24) is 19.3 Å². The Morgan fingerprint density at radius 3 is 2.88 bits per heavy atom. The molecule has 2 rings (SSSR count). The Balaban J connectivity index is 2.53. The summed E-state index contributed by atoms with van der Waals surface area (Å²) >= 11 is 0. The molecule has 0 bridgehead atoms. The molecule has 0 spiro atoms. The SMILES string of the molecule is CCc1nn(C)cc1-n1cncc1[C@@H](C)N. The third kappa shape index (κ3) is 1.74. The number of hydrogen-bond donors (Lipinski definition) is 1. The topological polar surface area (TPSA) is 61.7 Å². The van der Waals surface area contributed by atoms with Crippen LogP contribution in [0.2, 0.25) is 0 Å². The van der Waals surface area contributed by atoms with E-state index in [2.05, 4.69) is 17.0 Å². The van der Waals surface area contributed by atoms with Crippen molar-refractivity contribution >= 4 is 0 Å². The van der Waals surface area contributed by atoms with E-state index in [9.17, 15) is 0 Å². The van der Waals surface area contributed by atoms with Crippen LogP contribution in [0.3, 0.4) is 0 Å². The molecule has 0 aliphatic carbocycles. The number of rotatable bonds is 3. The second-order valence-electron chi connectivity index (χ2n) is 3.97. The van der Waals surface area contributed by atoms with Crippen molar-refractivity contribution in [2.75, 3.05) is 0 Å². The summed E-state index contributed by atoms with van der Waals surface area (Å²) in [5.74, 6) is 0. The summed E-state index contributed by atoms with van der Waals surface area (Å²) < 4.78 is 3.83. The van der Waals surface area contributed by atoms with Crippen LogP contribution in [0.15, 0.2) is 18.7 Å². The Hall–Kier alpha value is -1.62. The normalized spacial score (nSPS) is 13.0. The molecule has 16 heavy (non-hydrogen) atoms. The number of aryl methyl sites for hydroxylation is 2. The second kappa shape index (κ2) is 4.09. The van der Waals surface area contributed by atoms with Crippen molar-refractivity contribution in [3.8, 4) is 5.69 Å². The molecule has 0 saturated carbocycles. The first-order valence-electron chi connectivity index (χ1n) is 5.44. The van der Waals surface area contributed by atoms with Gasteiger partial charge in [0, 0.05) is 19.3 Å². The minimum Gasteiger partial charge on any atom is -0.323 e. The third-order valence-corrected chi connectivity index (χ3v) is 2.61. The molecule has 0 radical (unpaired) electrons. The lowest BCUT2D eigenvalue weighted by Crippen LogP contribution is -2.11. The highest BCUT2D eigenvalue weighted by Crippen LogP contribution is 2.18. The molecule has 0 unspecified atom stereocenters. The smallest absolute Gasteiger partial charge is 0.0995 e. The molecule has 86 valence electrons. The highest BCUT2D eigenvalue weighted by molar-refractivity contribution is 5.37. The van der Waals surface area contributed by atoms with Crippen LogP contribution in [0.1, 0.15) is 31.3 Å². The van der Waals surface area contributed by atoms with Crippen molar-refractivity contribution < 1.29 is 0 Å². The van der Waals surface area contributed by atoms with Crippen molar-refractivity contribution in [1.29, 1.82) is 0 Å². The Bertz CT molecular complexity index is 480. The van der Waals surface area contributed by atoms with Crippen LogP contribution in [0.4, 0.5) is 0 Å². The first-order valence-corrected chi connectivity index (χ1v) is 5.44. The van der Waals surface area contributed by atoms with Gasteiger partial charge in [-0.3, -0.25) is 9.25 Å². The van der Waals surface area contributed by atoms with Gasteiger partial charge in [0.1, 0.15) is 0 Å². The molecular formula is C11H17N5. The lowest BCUT2D eigenvalue weighted by molar-refractivity contribution is 0.746. The Labute approximate surface area is 94.9 Å². The van der Waals surface area contributed by atoms with Gasteiger partial charge in [-0.15, -0.1) is 0 Å². The van der Waals surface area contributed by atoms with Crippen molar-refractivity contribution in [2.45, 2.75) is 26.3 Å².